The van der Waals surface area contributed by atoms with Gasteiger partial charge in [0.05, 0.1) is 18.6 Å². The number of aryl methyl sites for hydroxylation is 1. The maximum Gasteiger partial charge on any atom is 0.234 e. The number of allylic oxidation sites excluding steroid dienone is 1. The maximum atomic E-state index is 12.5. The molecule has 0 aliphatic carbocycles. The summed E-state index contributed by atoms with van der Waals surface area (Å²) in [7, 11) is 1.57. The zero-order valence-corrected chi connectivity index (χ0v) is 17.8. The Labute approximate surface area is 178 Å². The van der Waals surface area contributed by atoms with E-state index in [1.54, 1.807) is 19.3 Å². The molecule has 2 aromatic carbocycles. The van der Waals surface area contributed by atoms with Crippen LogP contribution in [0.15, 0.2) is 60.3 Å². The first-order chi connectivity index (χ1) is 14.0. The van der Waals surface area contributed by atoms with Crippen LogP contribution < -0.4 is 10.1 Å². The third-order valence-corrected chi connectivity index (χ3v) is 5.27. The summed E-state index contributed by atoms with van der Waals surface area (Å²) in [5.74, 6) is 1.32. The van der Waals surface area contributed by atoms with E-state index in [9.17, 15) is 4.79 Å². The van der Waals surface area contributed by atoms with Gasteiger partial charge >= 0.3 is 0 Å². The Morgan fingerprint density at radius 2 is 2.14 bits per heavy atom. The Morgan fingerprint density at radius 3 is 2.86 bits per heavy atom. The third kappa shape index (κ3) is 5.19. The summed E-state index contributed by atoms with van der Waals surface area (Å²) in [6.45, 7) is 6.28. The number of nitrogens with zero attached hydrogens (tertiary/aromatic N) is 3. The van der Waals surface area contributed by atoms with Crippen molar-refractivity contribution in [1.82, 2.24) is 14.8 Å². The lowest BCUT2D eigenvalue weighted by atomic mass is 10.2. The lowest BCUT2D eigenvalue weighted by Gasteiger charge is -2.11. The molecule has 0 bridgehead atoms. The molecule has 150 valence electrons. The predicted molar refractivity (Wildman–Crippen MR) is 118 cm³/mol. The molecule has 1 heterocycles. The van der Waals surface area contributed by atoms with Gasteiger partial charge in [-0.15, -0.1) is 16.8 Å². The van der Waals surface area contributed by atoms with Gasteiger partial charge in [-0.1, -0.05) is 47.6 Å². The highest BCUT2D eigenvalue weighted by Crippen LogP contribution is 2.28. The van der Waals surface area contributed by atoms with Gasteiger partial charge in [-0.2, -0.15) is 0 Å². The minimum Gasteiger partial charge on any atom is -0.495 e. The van der Waals surface area contributed by atoms with E-state index in [0.717, 1.165) is 11.1 Å². The quantitative estimate of drug-likeness (QED) is 0.411. The normalized spacial score (nSPS) is 10.6. The number of ether oxygens (including phenoxy) is 1. The van der Waals surface area contributed by atoms with Crippen molar-refractivity contribution in [3.8, 4) is 17.1 Å². The number of methoxy groups -OCH3 is 1. The molecule has 29 heavy (non-hydrogen) atoms. The van der Waals surface area contributed by atoms with Gasteiger partial charge < -0.3 is 10.1 Å². The number of thioether (sulfide) groups is 1. The molecule has 1 N–H and O–H groups in total. The fourth-order valence-electron chi connectivity index (χ4n) is 2.77. The Kier molecular flexibility index (Phi) is 6.95. The highest BCUT2D eigenvalue weighted by molar-refractivity contribution is 7.99. The van der Waals surface area contributed by atoms with Crippen LogP contribution in [0.3, 0.4) is 0 Å². The van der Waals surface area contributed by atoms with Crippen molar-refractivity contribution in [1.29, 1.82) is 0 Å². The van der Waals surface area contributed by atoms with Gasteiger partial charge in [-0.25, -0.2) is 0 Å². The van der Waals surface area contributed by atoms with Crippen molar-refractivity contribution in [2.24, 2.45) is 0 Å². The molecule has 0 atom stereocenters. The molecule has 8 heteroatoms. The highest BCUT2D eigenvalue weighted by atomic mass is 35.5. The second-order valence-electron chi connectivity index (χ2n) is 6.26. The molecule has 0 unspecified atom stereocenters. The number of halogens is 1. The zero-order valence-electron chi connectivity index (χ0n) is 16.2. The second-order valence-corrected chi connectivity index (χ2v) is 7.64. The molecular weight excluding hydrogens is 408 g/mol. The first kappa shape index (κ1) is 21.0. The average Bonchev–Trinajstić information content (AvgIpc) is 3.09. The minimum absolute atomic E-state index is 0.156. The molecule has 1 aromatic heterocycles. The van der Waals surface area contributed by atoms with Crippen LogP contribution in [0.5, 0.6) is 5.75 Å². The van der Waals surface area contributed by atoms with Crippen LogP contribution in [0.4, 0.5) is 5.69 Å². The minimum atomic E-state index is -0.156. The summed E-state index contributed by atoms with van der Waals surface area (Å²) in [4.78, 5) is 12.5. The second kappa shape index (κ2) is 9.62. The number of hydrogen-bond donors (Lipinski definition) is 1. The topological polar surface area (TPSA) is 69.0 Å². The van der Waals surface area contributed by atoms with Crippen LogP contribution in [0.25, 0.3) is 11.4 Å². The van der Waals surface area contributed by atoms with Crippen LogP contribution in [-0.4, -0.2) is 33.5 Å². The van der Waals surface area contributed by atoms with Gasteiger partial charge in [0.1, 0.15) is 5.75 Å². The molecule has 6 nitrogen and oxygen atoms in total. The molecule has 0 saturated heterocycles. The first-order valence-electron chi connectivity index (χ1n) is 8.89. The smallest absolute Gasteiger partial charge is 0.234 e. The number of amides is 1. The van der Waals surface area contributed by atoms with E-state index >= 15 is 0 Å². The molecule has 0 aliphatic rings. The number of carbonyl (C=O) groups is 1. The van der Waals surface area contributed by atoms with Crippen LogP contribution in [0.1, 0.15) is 5.56 Å². The van der Waals surface area contributed by atoms with E-state index in [1.807, 2.05) is 47.9 Å². The Bertz CT molecular complexity index is 1040. The van der Waals surface area contributed by atoms with E-state index in [0.29, 0.717) is 34.0 Å². The number of anilines is 1. The van der Waals surface area contributed by atoms with Gasteiger partial charge in [-0.3, -0.25) is 9.36 Å². The fourth-order valence-corrected chi connectivity index (χ4v) is 3.70. The molecular formula is C21H21ClN4O2S. The van der Waals surface area contributed by atoms with Crippen molar-refractivity contribution >= 4 is 35.0 Å². The summed E-state index contributed by atoms with van der Waals surface area (Å²) in [6, 6.07) is 13.0. The van der Waals surface area contributed by atoms with Crippen LogP contribution in [0, 0.1) is 6.92 Å². The number of aromatic nitrogens is 3. The summed E-state index contributed by atoms with van der Waals surface area (Å²) >= 11 is 7.41. The van der Waals surface area contributed by atoms with E-state index in [1.165, 1.54) is 11.8 Å². The van der Waals surface area contributed by atoms with Gasteiger partial charge in [-0.05, 0) is 36.8 Å². The molecule has 1 amide bonds. The Hall–Kier alpha value is -2.77. The first-order valence-corrected chi connectivity index (χ1v) is 10.3. The summed E-state index contributed by atoms with van der Waals surface area (Å²) in [5.41, 5.74) is 2.53. The van der Waals surface area contributed by atoms with Crippen molar-refractivity contribution < 1.29 is 9.53 Å². The molecule has 0 saturated carbocycles. The molecule has 0 aliphatic heterocycles. The van der Waals surface area contributed by atoms with E-state index in [4.69, 9.17) is 16.3 Å². The predicted octanol–water partition coefficient (Wildman–Crippen LogP) is 4.83. The number of nitrogens with one attached hydrogen (secondary N) is 1. The Morgan fingerprint density at radius 1 is 1.31 bits per heavy atom. The van der Waals surface area contributed by atoms with E-state index < -0.39 is 0 Å². The van der Waals surface area contributed by atoms with Gasteiger partial charge in [0.25, 0.3) is 0 Å². The third-order valence-electron chi connectivity index (χ3n) is 4.07. The molecule has 3 rings (SSSR count). The van der Waals surface area contributed by atoms with Gasteiger partial charge in [0.15, 0.2) is 11.0 Å². The lowest BCUT2D eigenvalue weighted by Crippen LogP contribution is -2.15. The monoisotopic (exact) mass is 428 g/mol. The number of benzene rings is 2. The highest BCUT2D eigenvalue weighted by Gasteiger charge is 2.16. The standard InChI is InChI=1S/C21H21ClN4O2S/c1-4-10-26-20(15-6-5-7-16(22)12-15)24-25-21(26)29-13-19(27)23-17-11-14(2)8-9-18(17)28-3/h4-9,11-12H,1,10,13H2,2-3H3,(H,23,27). The molecule has 3 aromatic rings. The van der Waals surface area contributed by atoms with Crippen molar-refractivity contribution in [3.05, 3.63) is 65.7 Å². The average molecular weight is 429 g/mol. The van der Waals surface area contributed by atoms with Crippen molar-refractivity contribution in [2.45, 2.75) is 18.6 Å². The maximum absolute atomic E-state index is 12.5. The van der Waals surface area contributed by atoms with Crippen molar-refractivity contribution in [2.75, 3.05) is 18.2 Å². The SMILES string of the molecule is C=CCn1c(SCC(=O)Nc2cc(C)ccc2OC)nnc1-c1cccc(Cl)c1. The van der Waals surface area contributed by atoms with Crippen molar-refractivity contribution in [3.63, 3.8) is 0 Å². The number of hydrogen-bond acceptors (Lipinski definition) is 5. The lowest BCUT2D eigenvalue weighted by molar-refractivity contribution is -0.113. The number of rotatable bonds is 8. The van der Waals surface area contributed by atoms with Gasteiger partial charge in [0, 0.05) is 17.1 Å². The summed E-state index contributed by atoms with van der Waals surface area (Å²) in [5, 5.41) is 12.7. The van der Waals surface area contributed by atoms with E-state index in [-0.39, 0.29) is 11.7 Å². The zero-order chi connectivity index (χ0) is 20.8. The largest absolute Gasteiger partial charge is 0.495 e. The number of carbonyl (C=O) groups excluding carboxylic acids is 1. The molecule has 0 radical (unpaired) electrons. The van der Waals surface area contributed by atoms with Crippen LogP contribution in [-0.2, 0) is 11.3 Å². The van der Waals surface area contributed by atoms with Gasteiger partial charge in [0.2, 0.25) is 5.91 Å². The fraction of sp³-hybridized carbons (Fsp3) is 0.190. The van der Waals surface area contributed by atoms with Crippen LogP contribution in [0.2, 0.25) is 5.02 Å². The summed E-state index contributed by atoms with van der Waals surface area (Å²) < 4.78 is 7.21. The molecule has 0 spiro atoms. The molecule has 0 fully saturated rings. The van der Waals surface area contributed by atoms with E-state index in [2.05, 4.69) is 22.1 Å². The summed E-state index contributed by atoms with van der Waals surface area (Å²) in [6.07, 6.45) is 1.76. The van der Waals surface area contributed by atoms with Crippen LogP contribution >= 0.6 is 23.4 Å². The Balaban J connectivity index is 1.74.